The molecular formula is C17H35NO. The molecule has 1 atom stereocenters. The SMILES string of the molecule is CCC(C)(C)C1CCC(NC(CO)CC(C)C)CC1. The topological polar surface area (TPSA) is 32.3 Å². The first-order chi connectivity index (χ1) is 8.89. The Kier molecular flexibility index (Phi) is 6.82. The summed E-state index contributed by atoms with van der Waals surface area (Å²) in [6.07, 6.45) is 7.61. The van der Waals surface area contributed by atoms with Gasteiger partial charge < -0.3 is 10.4 Å². The zero-order chi connectivity index (χ0) is 14.5. The Labute approximate surface area is 120 Å². The molecule has 0 aromatic rings. The second-order valence-corrected chi connectivity index (χ2v) is 7.57. The summed E-state index contributed by atoms with van der Waals surface area (Å²) in [7, 11) is 0. The average molecular weight is 269 g/mol. The third-order valence-electron chi connectivity index (χ3n) is 5.19. The van der Waals surface area contributed by atoms with Crippen molar-refractivity contribution in [3.05, 3.63) is 0 Å². The van der Waals surface area contributed by atoms with Gasteiger partial charge in [0.15, 0.2) is 0 Å². The number of hydrogen-bond donors (Lipinski definition) is 2. The minimum absolute atomic E-state index is 0.276. The molecular weight excluding hydrogens is 234 g/mol. The van der Waals surface area contributed by atoms with Gasteiger partial charge >= 0.3 is 0 Å². The molecule has 1 aliphatic rings. The monoisotopic (exact) mass is 269 g/mol. The van der Waals surface area contributed by atoms with Crippen molar-refractivity contribution in [2.75, 3.05) is 6.61 Å². The highest BCUT2D eigenvalue weighted by Gasteiger charge is 2.32. The van der Waals surface area contributed by atoms with Gasteiger partial charge in [-0.3, -0.25) is 0 Å². The molecule has 0 saturated heterocycles. The van der Waals surface area contributed by atoms with Gasteiger partial charge in [-0.1, -0.05) is 41.0 Å². The Bertz CT molecular complexity index is 242. The van der Waals surface area contributed by atoms with Crippen LogP contribution in [0.25, 0.3) is 0 Å². The van der Waals surface area contributed by atoms with Crippen molar-refractivity contribution in [1.82, 2.24) is 5.32 Å². The van der Waals surface area contributed by atoms with Crippen molar-refractivity contribution in [3.63, 3.8) is 0 Å². The lowest BCUT2D eigenvalue weighted by Crippen LogP contribution is -2.44. The summed E-state index contributed by atoms with van der Waals surface area (Å²) in [5.74, 6) is 1.54. The van der Waals surface area contributed by atoms with Crippen molar-refractivity contribution >= 4 is 0 Å². The van der Waals surface area contributed by atoms with Crippen LogP contribution in [0.2, 0.25) is 0 Å². The summed E-state index contributed by atoms with van der Waals surface area (Å²) in [6.45, 7) is 11.9. The van der Waals surface area contributed by atoms with Crippen LogP contribution >= 0.6 is 0 Å². The summed E-state index contributed by atoms with van der Waals surface area (Å²) >= 11 is 0. The van der Waals surface area contributed by atoms with E-state index in [9.17, 15) is 5.11 Å². The smallest absolute Gasteiger partial charge is 0.0584 e. The van der Waals surface area contributed by atoms with Crippen molar-refractivity contribution in [1.29, 1.82) is 0 Å². The summed E-state index contributed by atoms with van der Waals surface area (Å²) in [6, 6.07) is 0.917. The lowest BCUT2D eigenvalue weighted by atomic mass is 9.69. The molecule has 0 bridgehead atoms. The minimum Gasteiger partial charge on any atom is -0.395 e. The first kappa shape index (κ1) is 17.0. The van der Waals surface area contributed by atoms with Crippen LogP contribution in [-0.4, -0.2) is 23.8 Å². The number of nitrogens with one attached hydrogen (secondary N) is 1. The molecule has 1 aliphatic carbocycles. The van der Waals surface area contributed by atoms with Gasteiger partial charge in [-0.2, -0.15) is 0 Å². The predicted octanol–water partition coefficient (Wildman–Crippen LogP) is 3.98. The fraction of sp³-hybridized carbons (Fsp3) is 1.00. The molecule has 1 saturated carbocycles. The van der Waals surface area contributed by atoms with Crippen LogP contribution in [0.4, 0.5) is 0 Å². The summed E-state index contributed by atoms with van der Waals surface area (Å²) in [5.41, 5.74) is 0.499. The van der Waals surface area contributed by atoms with Gasteiger partial charge in [0.05, 0.1) is 6.61 Å². The lowest BCUT2D eigenvalue weighted by molar-refractivity contribution is 0.125. The standard InChI is InChI=1S/C17H35NO/c1-6-17(4,5)14-7-9-15(10-8-14)18-16(12-19)11-13(2)3/h13-16,18-19H,6-12H2,1-5H3. The van der Waals surface area contributed by atoms with Gasteiger partial charge in [-0.15, -0.1) is 0 Å². The van der Waals surface area contributed by atoms with E-state index in [4.69, 9.17) is 0 Å². The molecule has 2 heteroatoms. The van der Waals surface area contributed by atoms with Crippen LogP contribution in [0.5, 0.6) is 0 Å². The van der Waals surface area contributed by atoms with E-state index < -0.39 is 0 Å². The van der Waals surface area contributed by atoms with Crippen LogP contribution in [0.3, 0.4) is 0 Å². The normalized spacial score (nSPS) is 26.7. The van der Waals surface area contributed by atoms with E-state index in [0.29, 0.717) is 23.4 Å². The average Bonchev–Trinajstić information content (AvgIpc) is 2.38. The van der Waals surface area contributed by atoms with Gasteiger partial charge in [-0.25, -0.2) is 0 Å². The maximum Gasteiger partial charge on any atom is 0.0584 e. The molecule has 0 radical (unpaired) electrons. The van der Waals surface area contributed by atoms with E-state index in [-0.39, 0.29) is 6.61 Å². The van der Waals surface area contributed by atoms with E-state index in [1.807, 2.05) is 0 Å². The van der Waals surface area contributed by atoms with Crippen LogP contribution < -0.4 is 5.32 Å². The van der Waals surface area contributed by atoms with E-state index in [0.717, 1.165) is 12.3 Å². The molecule has 19 heavy (non-hydrogen) atoms. The number of hydrogen-bond acceptors (Lipinski definition) is 2. The molecule has 0 aromatic heterocycles. The van der Waals surface area contributed by atoms with Gasteiger partial charge in [0.1, 0.15) is 0 Å². The molecule has 2 N–H and O–H groups in total. The molecule has 114 valence electrons. The fourth-order valence-corrected chi connectivity index (χ4v) is 3.43. The highest BCUT2D eigenvalue weighted by molar-refractivity contribution is 4.86. The largest absolute Gasteiger partial charge is 0.395 e. The first-order valence-electron chi connectivity index (χ1n) is 8.26. The summed E-state index contributed by atoms with van der Waals surface area (Å²) in [4.78, 5) is 0. The maximum absolute atomic E-state index is 9.46. The Morgan fingerprint density at radius 2 is 1.74 bits per heavy atom. The Balaban J connectivity index is 2.37. The molecule has 0 aliphatic heterocycles. The molecule has 0 amide bonds. The first-order valence-corrected chi connectivity index (χ1v) is 8.26. The van der Waals surface area contributed by atoms with E-state index in [1.54, 1.807) is 0 Å². The quantitative estimate of drug-likeness (QED) is 0.733. The van der Waals surface area contributed by atoms with E-state index in [2.05, 4.69) is 39.9 Å². The van der Waals surface area contributed by atoms with Gasteiger partial charge in [-0.05, 0) is 49.4 Å². The Hall–Kier alpha value is -0.0800. The third-order valence-corrected chi connectivity index (χ3v) is 5.19. The van der Waals surface area contributed by atoms with Gasteiger partial charge in [0.2, 0.25) is 0 Å². The second-order valence-electron chi connectivity index (χ2n) is 7.57. The van der Waals surface area contributed by atoms with Crippen molar-refractivity contribution in [3.8, 4) is 0 Å². The number of aliphatic hydroxyl groups excluding tert-OH is 1. The summed E-state index contributed by atoms with van der Waals surface area (Å²) < 4.78 is 0. The van der Waals surface area contributed by atoms with Gasteiger partial charge in [0, 0.05) is 12.1 Å². The van der Waals surface area contributed by atoms with Crippen LogP contribution in [-0.2, 0) is 0 Å². The Morgan fingerprint density at radius 1 is 1.16 bits per heavy atom. The van der Waals surface area contributed by atoms with Crippen molar-refractivity contribution < 1.29 is 5.11 Å². The number of aliphatic hydroxyl groups is 1. The maximum atomic E-state index is 9.46. The number of rotatable bonds is 7. The molecule has 0 heterocycles. The third kappa shape index (κ3) is 5.43. The van der Waals surface area contributed by atoms with Crippen LogP contribution in [0.1, 0.15) is 73.1 Å². The zero-order valence-corrected chi connectivity index (χ0v) is 13.7. The van der Waals surface area contributed by atoms with Crippen molar-refractivity contribution in [2.45, 2.75) is 85.2 Å². The molecule has 0 spiro atoms. The van der Waals surface area contributed by atoms with Crippen molar-refractivity contribution in [2.24, 2.45) is 17.3 Å². The summed E-state index contributed by atoms with van der Waals surface area (Å²) in [5, 5.41) is 13.1. The van der Waals surface area contributed by atoms with E-state index >= 15 is 0 Å². The van der Waals surface area contributed by atoms with Crippen LogP contribution in [0, 0.1) is 17.3 Å². The highest BCUT2D eigenvalue weighted by atomic mass is 16.3. The molecule has 1 unspecified atom stereocenters. The fourth-order valence-electron chi connectivity index (χ4n) is 3.43. The Morgan fingerprint density at radius 3 is 2.16 bits per heavy atom. The highest BCUT2D eigenvalue weighted by Crippen LogP contribution is 2.40. The molecule has 1 fully saturated rings. The second kappa shape index (κ2) is 7.64. The molecule has 0 aromatic carbocycles. The van der Waals surface area contributed by atoms with Crippen LogP contribution in [0.15, 0.2) is 0 Å². The predicted molar refractivity (Wildman–Crippen MR) is 83.3 cm³/mol. The molecule has 2 nitrogen and oxygen atoms in total. The zero-order valence-electron chi connectivity index (χ0n) is 13.7. The van der Waals surface area contributed by atoms with E-state index in [1.165, 1.54) is 32.1 Å². The molecule has 1 rings (SSSR count). The van der Waals surface area contributed by atoms with Gasteiger partial charge in [0.25, 0.3) is 0 Å². The lowest BCUT2D eigenvalue weighted by Gasteiger charge is -2.40. The minimum atomic E-state index is 0.276.